The maximum absolute atomic E-state index is 11.4. The summed E-state index contributed by atoms with van der Waals surface area (Å²) in [6.07, 6.45) is 1.07. The zero-order valence-corrected chi connectivity index (χ0v) is 10.6. The maximum atomic E-state index is 11.4. The zero-order chi connectivity index (χ0) is 12.6. The van der Waals surface area contributed by atoms with Gasteiger partial charge in [0.05, 0.1) is 12.1 Å². The van der Waals surface area contributed by atoms with Crippen molar-refractivity contribution in [2.45, 2.75) is 45.4 Å². The number of ether oxygens (including phenoxy) is 1. The standard InChI is InChI=1S/C13H20N2O2/c1-4-17-12-7-11(14)13(12)15-8(2)5-10(16)6-9(15)3/h5-6,11-13H,4,7,14H2,1-3H3. The minimum Gasteiger partial charge on any atom is -0.376 e. The number of rotatable bonds is 3. The second-order valence-electron chi connectivity index (χ2n) is 4.73. The van der Waals surface area contributed by atoms with Crippen molar-refractivity contribution in [3.63, 3.8) is 0 Å². The molecule has 0 aliphatic heterocycles. The summed E-state index contributed by atoms with van der Waals surface area (Å²) in [6, 6.07) is 3.59. The Kier molecular flexibility index (Phi) is 3.35. The second-order valence-corrected chi connectivity index (χ2v) is 4.73. The van der Waals surface area contributed by atoms with E-state index < -0.39 is 0 Å². The van der Waals surface area contributed by atoms with Gasteiger partial charge in [-0.15, -0.1) is 0 Å². The van der Waals surface area contributed by atoms with Crippen LogP contribution < -0.4 is 11.2 Å². The minimum atomic E-state index is 0.0529. The molecule has 3 atom stereocenters. The number of nitrogens with two attached hydrogens (primary N) is 1. The first kappa shape index (κ1) is 12.3. The van der Waals surface area contributed by atoms with Crippen molar-refractivity contribution in [3.05, 3.63) is 33.7 Å². The molecular formula is C13H20N2O2. The van der Waals surface area contributed by atoms with Gasteiger partial charge in [0.25, 0.3) is 0 Å². The van der Waals surface area contributed by atoms with Crippen molar-refractivity contribution in [1.29, 1.82) is 0 Å². The molecule has 2 rings (SSSR count). The topological polar surface area (TPSA) is 57.2 Å². The van der Waals surface area contributed by atoms with Crippen molar-refractivity contribution in [2.24, 2.45) is 5.73 Å². The van der Waals surface area contributed by atoms with Crippen LogP contribution >= 0.6 is 0 Å². The molecule has 1 saturated carbocycles. The smallest absolute Gasteiger partial charge is 0.182 e. The highest BCUT2D eigenvalue weighted by Crippen LogP contribution is 2.35. The lowest BCUT2D eigenvalue weighted by molar-refractivity contribution is -0.0484. The molecule has 0 amide bonds. The lowest BCUT2D eigenvalue weighted by Gasteiger charge is -2.45. The van der Waals surface area contributed by atoms with Gasteiger partial charge in [0.1, 0.15) is 0 Å². The van der Waals surface area contributed by atoms with Crippen LogP contribution in [0.2, 0.25) is 0 Å². The summed E-state index contributed by atoms with van der Waals surface area (Å²) in [5.41, 5.74) is 8.04. The summed E-state index contributed by atoms with van der Waals surface area (Å²) >= 11 is 0. The summed E-state index contributed by atoms with van der Waals surface area (Å²) in [7, 11) is 0. The van der Waals surface area contributed by atoms with E-state index in [1.165, 1.54) is 0 Å². The van der Waals surface area contributed by atoms with Gasteiger partial charge in [0.2, 0.25) is 0 Å². The van der Waals surface area contributed by atoms with Crippen LogP contribution in [0.1, 0.15) is 30.8 Å². The zero-order valence-electron chi connectivity index (χ0n) is 10.6. The molecule has 0 spiro atoms. The largest absolute Gasteiger partial charge is 0.376 e. The molecule has 1 heterocycles. The van der Waals surface area contributed by atoms with E-state index in [-0.39, 0.29) is 23.6 Å². The molecule has 17 heavy (non-hydrogen) atoms. The van der Waals surface area contributed by atoms with Gasteiger partial charge in [-0.1, -0.05) is 0 Å². The number of aromatic nitrogens is 1. The molecule has 4 heteroatoms. The van der Waals surface area contributed by atoms with Gasteiger partial charge in [0, 0.05) is 36.2 Å². The lowest BCUT2D eigenvalue weighted by Crippen LogP contribution is -2.54. The highest BCUT2D eigenvalue weighted by Gasteiger charge is 2.41. The average molecular weight is 236 g/mol. The third-order valence-electron chi connectivity index (χ3n) is 3.47. The molecule has 3 unspecified atom stereocenters. The van der Waals surface area contributed by atoms with Crippen LogP contribution in [0.3, 0.4) is 0 Å². The molecule has 4 nitrogen and oxygen atoms in total. The number of hydrogen-bond acceptors (Lipinski definition) is 3. The van der Waals surface area contributed by atoms with Gasteiger partial charge in [-0.05, 0) is 27.2 Å². The molecular weight excluding hydrogens is 216 g/mol. The van der Waals surface area contributed by atoms with E-state index in [0.29, 0.717) is 6.61 Å². The van der Waals surface area contributed by atoms with Gasteiger partial charge in [0.15, 0.2) is 5.43 Å². The average Bonchev–Trinajstić information content (AvgIpc) is 2.22. The number of hydrogen-bond donors (Lipinski definition) is 1. The number of aryl methyl sites for hydroxylation is 2. The molecule has 1 fully saturated rings. The predicted molar refractivity (Wildman–Crippen MR) is 67.2 cm³/mol. The van der Waals surface area contributed by atoms with Crippen LogP contribution in [0.15, 0.2) is 16.9 Å². The van der Waals surface area contributed by atoms with Gasteiger partial charge in [-0.3, -0.25) is 4.79 Å². The summed E-state index contributed by atoms with van der Waals surface area (Å²) in [5.74, 6) is 0. The lowest BCUT2D eigenvalue weighted by atomic mass is 9.82. The van der Waals surface area contributed by atoms with E-state index >= 15 is 0 Å². The van der Waals surface area contributed by atoms with E-state index in [1.807, 2.05) is 20.8 Å². The first-order valence-corrected chi connectivity index (χ1v) is 6.11. The third kappa shape index (κ3) is 2.15. The summed E-state index contributed by atoms with van der Waals surface area (Å²) in [5, 5.41) is 0. The summed E-state index contributed by atoms with van der Waals surface area (Å²) in [6.45, 7) is 6.59. The van der Waals surface area contributed by atoms with E-state index in [9.17, 15) is 4.79 Å². The Morgan fingerprint density at radius 1 is 1.41 bits per heavy atom. The number of nitrogens with zero attached hydrogens (tertiary/aromatic N) is 1. The Hall–Kier alpha value is -1.13. The van der Waals surface area contributed by atoms with Crippen molar-refractivity contribution in [3.8, 4) is 0 Å². The normalized spacial score (nSPS) is 27.9. The Bertz CT molecular complexity index is 439. The first-order valence-electron chi connectivity index (χ1n) is 6.11. The molecule has 1 aromatic rings. The van der Waals surface area contributed by atoms with Gasteiger partial charge in [-0.2, -0.15) is 0 Å². The van der Waals surface area contributed by atoms with Crippen molar-refractivity contribution in [1.82, 2.24) is 4.57 Å². The molecule has 1 aromatic heterocycles. The maximum Gasteiger partial charge on any atom is 0.182 e. The second kappa shape index (κ2) is 4.63. The fraction of sp³-hybridized carbons (Fsp3) is 0.615. The molecule has 2 N–H and O–H groups in total. The van der Waals surface area contributed by atoms with Crippen LogP contribution in [-0.4, -0.2) is 23.3 Å². The molecule has 0 bridgehead atoms. The van der Waals surface area contributed by atoms with E-state index in [2.05, 4.69) is 4.57 Å². The fourth-order valence-electron chi connectivity index (χ4n) is 2.71. The van der Waals surface area contributed by atoms with Crippen molar-refractivity contribution < 1.29 is 4.74 Å². The molecule has 94 valence electrons. The fourth-order valence-corrected chi connectivity index (χ4v) is 2.71. The molecule has 0 aromatic carbocycles. The van der Waals surface area contributed by atoms with E-state index in [0.717, 1.165) is 17.8 Å². The molecule has 0 saturated heterocycles. The van der Waals surface area contributed by atoms with Crippen LogP contribution in [0.4, 0.5) is 0 Å². The highest BCUT2D eigenvalue weighted by molar-refractivity contribution is 5.17. The van der Waals surface area contributed by atoms with Crippen LogP contribution in [0.5, 0.6) is 0 Å². The monoisotopic (exact) mass is 236 g/mol. The SMILES string of the molecule is CCOC1CC(N)C1n1c(C)cc(=O)cc1C. The number of pyridine rings is 1. The van der Waals surface area contributed by atoms with Crippen molar-refractivity contribution >= 4 is 0 Å². The molecule has 1 aliphatic rings. The minimum absolute atomic E-state index is 0.0529. The summed E-state index contributed by atoms with van der Waals surface area (Å²) in [4.78, 5) is 11.4. The molecule has 0 radical (unpaired) electrons. The quantitative estimate of drug-likeness (QED) is 0.856. The van der Waals surface area contributed by atoms with Gasteiger partial charge in [-0.25, -0.2) is 0 Å². The van der Waals surface area contributed by atoms with Gasteiger partial charge >= 0.3 is 0 Å². The van der Waals surface area contributed by atoms with Crippen LogP contribution in [-0.2, 0) is 4.74 Å². The predicted octanol–water partition coefficient (Wildman–Crippen LogP) is 1.14. The molecule has 1 aliphatic carbocycles. The van der Waals surface area contributed by atoms with Crippen molar-refractivity contribution in [2.75, 3.05) is 6.61 Å². The van der Waals surface area contributed by atoms with E-state index in [1.54, 1.807) is 12.1 Å². The first-order chi connectivity index (χ1) is 8.04. The van der Waals surface area contributed by atoms with Crippen LogP contribution in [0.25, 0.3) is 0 Å². The summed E-state index contributed by atoms with van der Waals surface area (Å²) < 4.78 is 7.81. The third-order valence-corrected chi connectivity index (χ3v) is 3.47. The Labute approximate surface area is 101 Å². The van der Waals surface area contributed by atoms with E-state index in [4.69, 9.17) is 10.5 Å². The van der Waals surface area contributed by atoms with Gasteiger partial charge < -0.3 is 15.0 Å². The van der Waals surface area contributed by atoms with Crippen LogP contribution in [0, 0.1) is 13.8 Å². The Morgan fingerprint density at radius 3 is 2.47 bits per heavy atom. The Morgan fingerprint density at radius 2 is 2.00 bits per heavy atom. The Balaban J connectivity index is 2.36. The highest BCUT2D eigenvalue weighted by atomic mass is 16.5.